The number of piperidine rings is 1. The Bertz CT molecular complexity index is 622. The van der Waals surface area contributed by atoms with E-state index in [4.69, 9.17) is 11.6 Å². The van der Waals surface area contributed by atoms with Gasteiger partial charge in [0, 0.05) is 23.4 Å². The highest BCUT2D eigenvalue weighted by Gasteiger charge is 2.27. The van der Waals surface area contributed by atoms with E-state index in [1.165, 1.54) is 17.9 Å². The maximum absolute atomic E-state index is 12.2. The third-order valence-electron chi connectivity index (χ3n) is 4.93. The number of nitrogens with zero attached hydrogens (tertiary/aromatic N) is 1. The van der Waals surface area contributed by atoms with Crippen LogP contribution in [0.4, 0.5) is 0 Å². The fourth-order valence-electron chi connectivity index (χ4n) is 3.43. The molecule has 0 bridgehead atoms. The molecule has 0 spiro atoms. The monoisotopic (exact) mass is 388 g/mol. The van der Waals surface area contributed by atoms with E-state index in [2.05, 4.69) is 21.4 Å². The fraction of sp³-hybridized carbons (Fsp3) is 0.647. The molecule has 2 aliphatic heterocycles. The van der Waals surface area contributed by atoms with Crippen LogP contribution in [0, 0.1) is 5.92 Å². The molecule has 1 aromatic carbocycles. The van der Waals surface area contributed by atoms with Crippen LogP contribution in [0.5, 0.6) is 0 Å². The molecule has 4 nitrogen and oxygen atoms in total. The normalized spacial score (nSPS) is 23.6. The van der Waals surface area contributed by atoms with Gasteiger partial charge in [0.25, 0.3) is 0 Å². The second-order valence-corrected chi connectivity index (χ2v) is 10.1. The van der Waals surface area contributed by atoms with Crippen molar-refractivity contribution in [1.82, 2.24) is 9.62 Å². The van der Waals surface area contributed by atoms with E-state index in [1.807, 2.05) is 0 Å². The molecule has 2 heterocycles. The Morgan fingerprint density at radius 1 is 1.17 bits per heavy atom. The van der Waals surface area contributed by atoms with Gasteiger partial charge in [-0.25, -0.2) is 13.1 Å². The van der Waals surface area contributed by atoms with E-state index >= 15 is 0 Å². The predicted octanol–water partition coefficient (Wildman–Crippen LogP) is 2.98. The minimum Gasteiger partial charge on any atom is -0.300 e. The number of benzene rings is 1. The largest absolute Gasteiger partial charge is 0.300 e. The van der Waals surface area contributed by atoms with Crippen molar-refractivity contribution in [3.8, 4) is 0 Å². The highest BCUT2D eigenvalue weighted by atomic mass is 35.5. The van der Waals surface area contributed by atoms with Crippen LogP contribution in [0.1, 0.15) is 24.8 Å². The Kier molecular flexibility index (Phi) is 6.49. The standard InChI is InChI=1S/C17H25ClN2O2S2/c18-16-3-1-15(2-4-16)13-24(21,22)19-11-14-5-8-20(9-6-14)17-7-10-23-12-17/h1-4,14,17,19H,5-13H2. The average Bonchev–Trinajstić information content (AvgIpc) is 3.10. The molecule has 0 saturated carbocycles. The van der Waals surface area contributed by atoms with E-state index in [1.54, 1.807) is 24.3 Å². The van der Waals surface area contributed by atoms with Gasteiger partial charge in [0.1, 0.15) is 0 Å². The lowest BCUT2D eigenvalue weighted by Crippen LogP contribution is -2.43. The molecule has 7 heteroatoms. The number of sulfonamides is 1. The van der Waals surface area contributed by atoms with Gasteiger partial charge in [0.15, 0.2) is 0 Å². The summed E-state index contributed by atoms with van der Waals surface area (Å²) in [6.45, 7) is 2.77. The molecule has 1 N–H and O–H groups in total. The van der Waals surface area contributed by atoms with Crippen molar-refractivity contribution in [3.63, 3.8) is 0 Å². The molecule has 1 atom stereocenters. The molecule has 0 aromatic heterocycles. The lowest BCUT2D eigenvalue weighted by atomic mass is 9.96. The van der Waals surface area contributed by atoms with Crippen LogP contribution >= 0.6 is 23.4 Å². The van der Waals surface area contributed by atoms with Gasteiger partial charge in [-0.3, -0.25) is 4.90 Å². The third kappa shape index (κ3) is 5.36. The molecule has 2 aliphatic rings. The second-order valence-electron chi connectivity index (χ2n) is 6.73. The molecule has 3 rings (SSSR count). The number of thioether (sulfide) groups is 1. The van der Waals surface area contributed by atoms with Gasteiger partial charge in [-0.05, 0) is 61.7 Å². The quantitative estimate of drug-likeness (QED) is 0.813. The van der Waals surface area contributed by atoms with Gasteiger partial charge in [-0.15, -0.1) is 0 Å². The zero-order chi connectivity index (χ0) is 17.0. The highest BCUT2D eigenvalue weighted by molar-refractivity contribution is 7.99. The number of halogens is 1. The van der Waals surface area contributed by atoms with Crippen LogP contribution in [-0.4, -0.2) is 50.5 Å². The summed E-state index contributed by atoms with van der Waals surface area (Å²) >= 11 is 7.88. The summed E-state index contributed by atoms with van der Waals surface area (Å²) < 4.78 is 27.3. The van der Waals surface area contributed by atoms with E-state index < -0.39 is 10.0 Å². The predicted molar refractivity (Wildman–Crippen MR) is 102 cm³/mol. The van der Waals surface area contributed by atoms with Crippen LogP contribution in [0.15, 0.2) is 24.3 Å². The van der Waals surface area contributed by atoms with Crippen LogP contribution < -0.4 is 4.72 Å². The Morgan fingerprint density at radius 3 is 2.50 bits per heavy atom. The Labute approximate surface area is 154 Å². The maximum atomic E-state index is 12.2. The van der Waals surface area contributed by atoms with Gasteiger partial charge < -0.3 is 0 Å². The van der Waals surface area contributed by atoms with Crippen LogP contribution in [0.2, 0.25) is 5.02 Å². The molecule has 0 radical (unpaired) electrons. The van der Waals surface area contributed by atoms with Crippen molar-refractivity contribution in [2.24, 2.45) is 5.92 Å². The average molecular weight is 389 g/mol. The smallest absolute Gasteiger partial charge is 0.215 e. The Balaban J connectivity index is 1.42. The van der Waals surface area contributed by atoms with E-state index in [9.17, 15) is 8.42 Å². The molecule has 2 saturated heterocycles. The number of rotatable bonds is 6. The number of hydrogen-bond donors (Lipinski definition) is 1. The summed E-state index contributed by atoms with van der Waals surface area (Å²) in [5.41, 5.74) is 0.764. The first-order chi connectivity index (χ1) is 11.5. The molecule has 0 aliphatic carbocycles. The molecule has 134 valence electrons. The zero-order valence-electron chi connectivity index (χ0n) is 13.8. The first kappa shape index (κ1) is 18.5. The molecule has 24 heavy (non-hydrogen) atoms. The SMILES string of the molecule is O=S(=O)(Cc1ccc(Cl)cc1)NCC1CCN(C2CCSC2)CC1. The number of nitrogens with one attached hydrogen (secondary N) is 1. The fourth-order valence-corrected chi connectivity index (χ4v) is 6.03. The lowest BCUT2D eigenvalue weighted by Gasteiger charge is -2.35. The molecular formula is C17H25ClN2O2S2. The summed E-state index contributed by atoms with van der Waals surface area (Å²) in [6.07, 6.45) is 3.48. The Morgan fingerprint density at radius 2 is 1.88 bits per heavy atom. The van der Waals surface area contributed by atoms with Crippen molar-refractivity contribution in [2.75, 3.05) is 31.1 Å². The van der Waals surface area contributed by atoms with Crippen molar-refractivity contribution in [1.29, 1.82) is 0 Å². The summed E-state index contributed by atoms with van der Waals surface area (Å²) in [6, 6.07) is 7.73. The summed E-state index contributed by atoms with van der Waals surface area (Å²) in [5, 5.41) is 0.622. The second kappa shape index (κ2) is 8.41. The van der Waals surface area contributed by atoms with E-state index in [-0.39, 0.29) is 5.75 Å². The summed E-state index contributed by atoms with van der Waals surface area (Å²) in [7, 11) is -3.29. The van der Waals surface area contributed by atoms with Crippen LogP contribution in [0.3, 0.4) is 0 Å². The van der Waals surface area contributed by atoms with E-state index in [0.717, 1.165) is 37.5 Å². The maximum Gasteiger partial charge on any atom is 0.215 e. The molecule has 1 unspecified atom stereocenters. The molecule has 0 amide bonds. The van der Waals surface area contributed by atoms with E-state index in [0.29, 0.717) is 17.5 Å². The van der Waals surface area contributed by atoms with Crippen molar-refractivity contribution in [2.45, 2.75) is 31.1 Å². The van der Waals surface area contributed by atoms with Gasteiger partial charge in [-0.1, -0.05) is 23.7 Å². The van der Waals surface area contributed by atoms with Crippen molar-refractivity contribution >= 4 is 33.4 Å². The molecule has 1 aromatic rings. The number of hydrogen-bond acceptors (Lipinski definition) is 4. The first-order valence-corrected chi connectivity index (χ1v) is 11.7. The molecular weight excluding hydrogens is 364 g/mol. The summed E-state index contributed by atoms with van der Waals surface area (Å²) in [4.78, 5) is 2.60. The lowest BCUT2D eigenvalue weighted by molar-refractivity contribution is 0.145. The minimum atomic E-state index is -3.29. The van der Waals surface area contributed by atoms with Gasteiger partial charge in [0.05, 0.1) is 5.75 Å². The van der Waals surface area contributed by atoms with Crippen molar-refractivity contribution in [3.05, 3.63) is 34.9 Å². The van der Waals surface area contributed by atoms with Crippen LogP contribution in [0.25, 0.3) is 0 Å². The number of likely N-dealkylation sites (tertiary alicyclic amines) is 1. The van der Waals surface area contributed by atoms with Crippen LogP contribution in [-0.2, 0) is 15.8 Å². The van der Waals surface area contributed by atoms with Gasteiger partial charge >= 0.3 is 0 Å². The highest BCUT2D eigenvalue weighted by Crippen LogP contribution is 2.26. The topological polar surface area (TPSA) is 49.4 Å². The molecule has 2 fully saturated rings. The third-order valence-corrected chi connectivity index (χ3v) is 7.65. The summed E-state index contributed by atoms with van der Waals surface area (Å²) in [5.74, 6) is 3.02. The van der Waals surface area contributed by atoms with Gasteiger partial charge in [-0.2, -0.15) is 11.8 Å². The first-order valence-electron chi connectivity index (χ1n) is 8.55. The van der Waals surface area contributed by atoms with Gasteiger partial charge in [0.2, 0.25) is 10.0 Å². The zero-order valence-corrected chi connectivity index (χ0v) is 16.2. The minimum absolute atomic E-state index is 0.0162. The van der Waals surface area contributed by atoms with Crippen molar-refractivity contribution < 1.29 is 8.42 Å². The Hall–Kier alpha value is -0.270.